The van der Waals surface area contributed by atoms with Gasteiger partial charge in [-0.1, -0.05) is 24.6 Å². The molecule has 0 saturated carbocycles. The van der Waals surface area contributed by atoms with Crippen LogP contribution >= 0.6 is 0 Å². The number of nitrogens with zero attached hydrogens (tertiary/aromatic N) is 3. The predicted octanol–water partition coefficient (Wildman–Crippen LogP) is 2.68. The number of hydrogen-bond donors (Lipinski definition) is 2. The van der Waals surface area contributed by atoms with Gasteiger partial charge >= 0.3 is 0 Å². The van der Waals surface area contributed by atoms with Crippen LogP contribution in [0.4, 0.5) is 5.69 Å². The summed E-state index contributed by atoms with van der Waals surface area (Å²) in [5, 5.41) is 6.79. The molecule has 0 fully saturated rings. The lowest BCUT2D eigenvalue weighted by Crippen LogP contribution is -2.32. The Morgan fingerprint density at radius 2 is 1.54 bits per heavy atom. The van der Waals surface area contributed by atoms with Gasteiger partial charge in [-0.15, -0.1) is 0 Å². The number of hydrogen-bond acceptors (Lipinski definition) is 4. The van der Waals surface area contributed by atoms with Gasteiger partial charge in [0.25, 0.3) is 0 Å². The Hall–Kier alpha value is -2.24. The summed E-state index contributed by atoms with van der Waals surface area (Å²) in [5.74, 6) is 0. The average Bonchev–Trinajstić information content (AvgIpc) is 2.69. The lowest BCUT2D eigenvalue weighted by Gasteiger charge is -2.19. The normalized spacial score (nSPS) is 11.2. The largest absolute Gasteiger partial charge is 0.330 e. The van der Waals surface area contributed by atoms with Crippen LogP contribution in [-0.4, -0.2) is 25.8 Å². The Morgan fingerprint density at radius 1 is 0.846 bits per heavy atom. The molecule has 5 heteroatoms. The number of aryl methyl sites for hydroxylation is 1. The SMILES string of the molecule is NCCCCCN(/N=C/c1cc[n+](CCCCN)cc1)c1ccccc1. The van der Waals surface area contributed by atoms with E-state index in [-0.39, 0.29) is 0 Å². The summed E-state index contributed by atoms with van der Waals surface area (Å²) in [5.41, 5.74) is 13.4. The van der Waals surface area contributed by atoms with Crippen LogP contribution in [0.15, 0.2) is 60.0 Å². The van der Waals surface area contributed by atoms with Crippen LogP contribution in [0.3, 0.4) is 0 Å². The molecule has 0 aliphatic carbocycles. The molecule has 1 heterocycles. The highest BCUT2D eigenvalue weighted by atomic mass is 15.4. The predicted molar refractivity (Wildman–Crippen MR) is 109 cm³/mol. The van der Waals surface area contributed by atoms with Gasteiger partial charge in [0.15, 0.2) is 12.4 Å². The van der Waals surface area contributed by atoms with E-state index in [1.54, 1.807) is 0 Å². The summed E-state index contributed by atoms with van der Waals surface area (Å²) in [6, 6.07) is 14.5. The third-order valence-electron chi connectivity index (χ3n) is 4.26. The van der Waals surface area contributed by atoms with Gasteiger partial charge < -0.3 is 11.5 Å². The minimum absolute atomic E-state index is 0.754. The summed E-state index contributed by atoms with van der Waals surface area (Å²) < 4.78 is 2.19. The average molecular weight is 355 g/mol. The highest BCUT2D eigenvalue weighted by Crippen LogP contribution is 2.15. The second-order valence-electron chi connectivity index (χ2n) is 6.42. The number of aromatic nitrogens is 1. The second-order valence-corrected chi connectivity index (χ2v) is 6.42. The lowest BCUT2D eigenvalue weighted by atomic mass is 10.2. The summed E-state index contributed by atoms with van der Waals surface area (Å²) >= 11 is 0. The maximum absolute atomic E-state index is 5.59. The fourth-order valence-corrected chi connectivity index (χ4v) is 2.72. The second kappa shape index (κ2) is 12.2. The number of nitrogens with two attached hydrogens (primary N) is 2. The van der Waals surface area contributed by atoms with Crippen molar-refractivity contribution in [3.63, 3.8) is 0 Å². The third-order valence-corrected chi connectivity index (χ3v) is 4.26. The van der Waals surface area contributed by atoms with Gasteiger partial charge in [-0.25, -0.2) is 4.57 Å². The molecule has 0 bridgehead atoms. The van der Waals surface area contributed by atoms with Crippen LogP contribution in [0.2, 0.25) is 0 Å². The number of benzene rings is 1. The Bertz CT molecular complexity index is 625. The van der Waals surface area contributed by atoms with Crippen LogP contribution in [0, 0.1) is 0 Å². The number of pyridine rings is 1. The van der Waals surface area contributed by atoms with E-state index in [1.807, 2.05) is 24.4 Å². The van der Waals surface area contributed by atoms with E-state index in [1.165, 1.54) is 0 Å². The molecule has 140 valence electrons. The maximum Gasteiger partial charge on any atom is 0.169 e. The first-order valence-corrected chi connectivity index (χ1v) is 9.59. The third kappa shape index (κ3) is 7.33. The van der Waals surface area contributed by atoms with Crippen LogP contribution in [-0.2, 0) is 6.54 Å². The van der Waals surface area contributed by atoms with E-state index in [4.69, 9.17) is 16.6 Å². The summed E-state index contributed by atoms with van der Waals surface area (Å²) in [7, 11) is 0. The summed E-state index contributed by atoms with van der Waals surface area (Å²) in [6.07, 6.45) is 11.6. The Kier molecular flexibility index (Phi) is 9.40. The molecule has 0 aliphatic heterocycles. The Balaban J connectivity index is 1.97. The van der Waals surface area contributed by atoms with Crippen LogP contribution in [0.5, 0.6) is 0 Å². The van der Waals surface area contributed by atoms with Crippen molar-refractivity contribution >= 4 is 11.9 Å². The van der Waals surface area contributed by atoms with Crippen LogP contribution in [0.1, 0.15) is 37.7 Å². The first kappa shape index (κ1) is 20.1. The quantitative estimate of drug-likeness (QED) is 0.266. The zero-order valence-electron chi connectivity index (χ0n) is 15.6. The molecule has 4 N–H and O–H groups in total. The monoisotopic (exact) mass is 354 g/mol. The van der Waals surface area contributed by atoms with Crippen LogP contribution < -0.4 is 21.0 Å². The molecule has 0 saturated heterocycles. The van der Waals surface area contributed by atoms with Crippen molar-refractivity contribution in [2.75, 3.05) is 24.6 Å². The number of anilines is 1. The summed E-state index contributed by atoms with van der Waals surface area (Å²) in [6.45, 7) is 3.41. The van der Waals surface area contributed by atoms with E-state index < -0.39 is 0 Å². The molecule has 0 spiro atoms. The summed E-state index contributed by atoms with van der Waals surface area (Å²) in [4.78, 5) is 0. The minimum atomic E-state index is 0.754. The van der Waals surface area contributed by atoms with E-state index in [0.29, 0.717) is 0 Å². The Labute approximate surface area is 157 Å². The zero-order chi connectivity index (χ0) is 18.5. The highest BCUT2D eigenvalue weighted by molar-refractivity contribution is 5.79. The minimum Gasteiger partial charge on any atom is -0.330 e. The molecule has 0 aliphatic rings. The molecular weight excluding hydrogens is 322 g/mol. The van der Waals surface area contributed by atoms with E-state index in [2.05, 4.69) is 46.2 Å². The Morgan fingerprint density at radius 3 is 2.23 bits per heavy atom. The molecule has 2 aromatic rings. The van der Waals surface area contributed by atoms with Crippen molar-refractivity contribution in [3.05, 3.63) is 60.4 Å². The maximum atomic E-state index is 5.59. The van der Waals surface area contributed by atoms with Crippen LogP contribution in [0.25, 0.3) is 0 Å². The van der Waals surface area contributed by atoms with Gasteiger partial charge in [0.2, 0.25) is 0 Å². The standard InChI is InChI=1S/C21H32N5/c22-13-5-2-7-16-26(21-9-3-1-4-10-21)24-19-20-11-17-25(18-12-20)15-8-6-14-23/h1,3-4,9-12,17-19H,2,5-8,13-16,22-23H2/q+1. The lowest BCUT2D eigenvalue weighted by molar-refractivity contribution is -0.697. The van der Waals surface area contributed by atoms with Crippen molar-refractivity contribution in [2.24, 2.45) is 16.6 Å². The van der Waals surface area contributed by atoms with E-state index >= 15 is 0 Å². The number of hydrazone groups is 1. The van der Waals surface area contributed by atoms with Gasteiger partial charge in [-0.2, -0.15) is 5.10 Å². The van der Waals surface area contributed by atoms with Gasteiger partial charge in [0.05, 0.1) is 11.9 Å². The van der Waals surface area contributed by atoms with Gasteiger partial charge in [0.1, 0.15) is 6.54 Å². The van der Waals surface area contributed by atoms with Crippen molar-refractivity contribution in [3.8, 4) is 0 Å². The zero-order valence-corrected chi connectivity index (χ0v) is 15.6. The molecule has 0 unspecified atom stereocenters. The number of unbranched alkanes of at least 4 members (excludes halogenated alkanes) is 3. The van der Waals surface area contributed by atoms with Crippen molar-refractivity contribution < 1.29 is 4.57 Å². The molecular formula is C21H32N5+. The molecule has 26 heavy (non-hydrogen) atoms. The van der Waals surface area contributed by atoms with Crippen molar-refractivity contribution in [2.45, 2.75) is 38.6 Å². The highest BCUT2D eigenvalue weighted by Gasteiger charge is 2.04. The number of rotatable bonds is 12. The molecule has 1 aromatic carbocycles. The van der Waals surface area contributed by atoms with Gasteiger partial charge in [0, 0.05) is 30.7 Å². The fourth-order valence-electron chi connectivity index (χ4n) is 2.72. The molecule has 2 rings (SSSR count). The van der Waals surface area contributed by atoms with E-state index in [9.17, 15) is 0 Å². The van der Waals surface area contributed by atoms with Gasteiger partial charge in [-0.05, 0) is 44.5 Å². The topological polar surface area (TPSA) is 71.5 Å². The van der Waals surface area contributed by atoms with Crippen molar-refractivity contribution in [1.82, 2.24) is 0 Å². The molecule has 0 atom stereocenters. The first-order valence-electron chi connectivity index (χ1n) is 9.59. The smallest absolute Gasteiger partial charge is 0.169 e. The van der Waals surface area contributed by atoms with E-state index in [0.717, 1.165) is 69.5 Å². The molecule has 1 aromatic heterocycles. The molecule has 5 nitrogen and oxygen atoms in total. The molecule has 0 amide bonds. The van der Waals surface area contributed by atoms with Gasteiger partial charge in [-0.3, -0.25) is 5.01 Å². The first-order chi connectivity index (χ1) is 12.8. The number of para-hydroxylation sites is 1. The molecule has 0 radical (unpaired) electrons. The fraction of sp³-hybridized carbons (Fsp3) is 0.429. The van der Waals surface area contributed by atoms with Crippen molar-refractivity contribution in [1.29, 1.82) is 0 Å².